The molecule has 124 valence electrons. The second-order valence-corrected chi connectivity index (χ2v) is 5.65. The van der Waals surface area contributed by atoms with Gasteiger partial charge in [-0.1, -0.05) is 0 Å². The van der Waals surface area contributed by atoms with Gasteiger partial charge in [0.05, 0.1) is 19.3 Å². The number of benzene rings is 1. The summed E-state index contributed by atoms with van der Waals surface area (Å²) in [6.45, 7) is 6.35. The number of carbonyl (C=O) groups excluding carboxylic acids is 1. The first-order valence-corrected chi connectivity index (χ1v) is 7.61. The minimum absolute atomic E-state index is 0.0310. The fraction of sp³-hybridized carbons (Fsp3) is 0.389. The summed E-state index contributed by atoms with van der Waals surface area (Å²) < 4.78 is 12.3. The molecule has 0 spiro atoms. The van der Waals surface area contributed by atoms with Crippen molar-refractivity contribution in [3.63, 3.8) is 0 Å². The Morgan fingerprint density at radius 1 is 1.22 bits per heavy atom. The fourth-order valence-corrected chi connectivity index (χ4v) is 2.71. The van der Waals surface area contributed by atoms with Crippen LogP contribution in [-0.2, 0) is 4.74 Å². The van der Waals surface area contributed by atoms with Crippen molar-refractivity contribution in [3.05, 3.63) is 47.3 Å². The van der Waals surface area contributed by atoms with Crippen molar-refractivity contribution in [2.45, 2.75) is 26.8 Å². The van der Waals surface area contributed by atoms with Crippen LogP contribution < -0.4 is 10.1 Å². The molecule has 1 aromatic carbocycles. The van der Waals surface area contributed by atoms with E-state index in [9.17, 15) is 4.79 Å². The molecule has 0 saturated heterocycles. The monoisotopic (exact) mass is 316 g/mol. The first-order valence-electron chi connectivity index (χ1n) is 7.61. The number of amides is 1. The van der Waals surface area contributed by atoms with E-state index in [0.29, 0.717) is 12.2 Å². The van der Waals surface area contributed by atoms with E-state index in [0.717, 1.165) is 22.8 Å². The van der Waals surface area contributed by atoms with Gasteiger partial charge in [0, 0.05) is 30.2 Å². The SMILES string of the molecule is COCC(C)NC(=O)c1cc(C)n(-c2ccc(OC)cc2)c1C. The van der Waals surface area contributed by atoms with Gasteiger partial charge in [-0.05, 0) is 51.1 Å². The maximum absolute atomic E-state index is 12.4. The van der Waals surface area contributed by atoms with Gasteiger partial charge in [-0.2, -0.15) is 0 Å². The number of carbonyl (C=O) groups is 1. The molecule has 1 N–H and O–H groups in total. The highest BCUT2D eigenvalue weighted by Crippen LogP contribution is 2.22. The smallest absolute Gasteiger partial charge is 0.253 e. The van der Waals surface area contributed by atoms with Crippen LogP contribution in [-0.4, -0.2) is 37.3 Å². The van der Waals surface area contributed by atoms with Crippen LogP contribution >= 0.6 is 0 Å². The molecule has 2 rings (SSSR count). The highest BCUT2D eigenvalue weighted by molar-refractivity contribution is 5.96. The minimum Gasteiger partial charge on any atom is -0.497 e. The van der Waals surface area contributed by atoms with E-state index in [4.69, 9.17) is 9.47 Å². The largest absolute Gasteiger partial charge is 0.497 e. The van der Waals surface area contributed by atoms with Gasteiger partial charge in [0.15, 0.2) is 0 Å². The molecule has 1 heterocycles. The number of nitrogens with one attached hydrogen (secondary N) is 1. The summed E-state index contributed by atoms with van der Waals surface area (Å²) in [4.78, 5) is 12.4. The second kappa shape index (κ2) is 7.33. The Bertz CT molecular complexity index is 674. The molecule has 5 heteroatoms. The highest BCUT2D eigenvalue weighted by atomic mass is 16.5. The Hall–Kier alpha value is -2.27. The van der Waals surface area contributed by atoms with Crippen molar-refractivity contribution in [2.24, 2.45) is 0 Å². The summed E-state index contributed by atoms with van der Waals surface area (Å²) >= 11 is 0. The average molecular weight is 316 g/mol. The zero-order valence-electron chi connectivity index (χ0n) is 14.3. The van der Waals surface area contributed by atoms with Crippen LogP contribution in [0.15, 0.2) is 30.3 Å². The number of rotatable bonds is 6. The third-order valence-electron chi connectivity index (χ3n) is 3.80. The molecular weight excluding hydrogens is 292 g/mol. The van der Waals surface area contributed by atoms with Gasteiger partial charge in [-0.15, -0.1) is 0 Å². The van der Waals surface area contributed by atoms with Crippen molar-refractivity contribution in [2.75, 3.05) is 20.8 Å². The van der Waals surface area contributed by atoms with Gasteiger partial charge in [0.25, 0.3) is 5.91 Å². The van der Waals surface area contributed by atoms with Crippen LogP contribution in [0, 0.1) is 13.8 Å². The van der Waals surface area contributed by atoms with Crippen LogP contribution in [0.25, 0.3) is 5.69 Å². The van der Waals surface area contributed by atoms with E-state index in [1.54, 1.807) is 14.2 Å². The Labute approximate surface area is 137 Å². The molecule has 2 aromatic rings. The van der Waals surface area contributed by atoms with Gasteiger partial charge >= 0.3 is 0 Å². The molecule has 1 unspecified atom stereocenters. The number of ether oxygens (including phenoxy) is 2. The van der Waals surface area contributed by atoms with Crippen LogP contribution in [0.1, 0.15) is 28.7 Å². The van der Waals surface area contributed by atoms with Crippen molar-refractivity contribution in [3.8, 4) is 11.4 Å². The Kier molecular flexibility index (Phi) is 5.45. The van der Waals surface area contributed by atoms with E-state index in [2.05, 4.69) is 9.88 Å². The minimum atomic E-state index is -0.0811. The molecule has 1 aromatic heterocycles. The van der Waals surface area contributed by atoms with E-state index >= 15 is 0 Å². The first kappa shape index (κ1) is 17.1. The van der Waals surface area contributed by atoms with E-state index in [1.165, 1.54) is 0 Å². The Morgan fingerprint density at radius 3 is 2.43 bits per heavy atom. The maximum Gasteiger partial charge on any atom is 0.253 e. The zero-order valence-corrected chi connectivity index (χ0v) is 14.3. The molecule has 0 aliphatic heterocycles. The summed E-state index contributed by atoms with van der Waals surface area (Å²) in [7, 11) is 3.27. The number of aromatic nitrogens is 1. The number of methoxy groups -OCH3 is 2. The molecular formula is C18H24N2O3. The molecule has 5 nitrogen and oxygen atoms in total. The normalized spacial score (nSPS) is 12.0. The molecule has 1 amide bonds. The van der Waals surface area contributed by atoms with Gasteiger partial charge in [-0.3, -0.25) is 4.79 Å². The van der Waals surface area contributed by atoms with Gasteiger partial charge < -0.3 is 19.4 Å². The number of hydrogen-bond donors (Lipinski definition) is 1. The van der Waals surface area contributed by atoms with Gasteiger partial charge in [0.2, 0.25) is 0 Å². The van der Waals surface area contributed by atoms with Crippen LogP contribution in [0.3, 0.4) is 0 Å². The zero-order chi connectivity index (χ0) is 17.0. The van der Waals surface area contributed by atoms with Gasteiger partial charge in [0.1, 0.15) is 5.75 Å². The van der Waals surface area contributed by atoms with Gasteiger partial charge in [-0.25, -0.2) is 0 Å². The quantitative estimate of drug-likeness (QED) is 0.891. The Balaban J connectivity index is 2.29. The third kappa shape index (κ3) is 3.74. The lowest BCUT2D eigenvalue weighted by atomic mass is 10.2. The highest BCUT2D eigenvalue weighted by Gasteiger charge is 2.18. The molecule has 1 atom stereocenters. The van der Waals surface area contributed by atoms with Crippen LogP contribution in [0.4, 0.5) is 0 Å². The first-order chi connectivity index (χ1) is 11.0. The molecule has 0 aliphatic rings. The maximum atomic E-state index is 12.4. The summed E-state index contributed by atoms with van der Waals surface area (Å²) in [5, 5.41) is 2.95. The predicted octanol–water partition coefficient (Wildman–Crippen LogP) is 2.87. The molecule has 0 radical (unpaired) electrons. The van der Waals surface area contributed by atoms with E-state index in [-0.39, 0.29) is 11.9 Å². The summed E-state index contributed by atoms with van der Waals surface area (Å²) in [6, 6.07) is 9.66. The molecule has 0 aliphatic carbocycles. The summed E-state index contributed by atoms with van der Waals surface area (Å²) in [5.74, 6) is 0.727. The lowest BCUT2D eigenvalue weighted by Crippen LogP contribution is -2.35. The molecule has 23 heavy (non-hydrogen) atoms. The van der Waals surface area contributed by atoms with E-state index in [1.807, 2.05) is 51.1 Å². The number of hydrogen-bond acceptors (Lipinski definition) is 3. The van der Waals surface area contributed by atoms with Crippen LogP contribution in [0.2, 0.25) is 0 Å². The van der Waals surface area contributed by atoms with E-state index < -0.39 is 0 Å². The van der Waals surface area contributed by atoms with Crippen molar-refractivity contribution < 1.29 is 14.3 Å². The summed E-state index contributed by atoms with van der Waals surface area (Å²) in [6.07, 6.45) is 0. The van der Waals surface area contributed by atoms with Crippen LogP contribution in [0.5, 0.6) is 5.75 Å². The third-order valence-corrected chi connectivity index (χ3v) is 3.80. The lowest BCUT2D eigenvalue weighted by Gasteiger charge is -2.13. The molecule has 0 fully saturated rings. The number of aryl methyl sites for hydroxylation is 1. The Morgan fingerprint density at radius 2 is 1.87 bits per heavy atom. The predicted molar refractivity (Wildman–Crippen MR) is 90.6 cm³/mol. The lowest BCUT2D eigenvalue weighted by molar-refractivity contribution is 0.0905. The van der Waals surface area contributed by atoms with Crippen molar-refractivity contribution in [1.29, 1.82) is 0 Å². The molecule has 0 saturated carbocycles. The summed E-state index contributed by atoms with van der Waals surface area (Å²) in [5.41, 5.74) is 3.61. The standard InChI is InChI=1S/C18H24N2O3/c1-12(11-22-4)19-18(21)17-10-13(2)20(14(17)3)15-6-8-16(23-5)9-7-15/h6-10,12H,11H2,1-5H3,(H,19,21). The van der Waals surface area contributed by atoms with Crippen molar-refractivity contribution >= 4 is 5.91 Å². The second-order valence-electron chi connectivity index (χ2n) is 5.65. The van der Waals surface area contributed by atoms with Crippen molar-refractivity contribution in [1.82, 2.24) is 9.88 Å². The topological polar surface area (TPSA) is 52.5 Å². The average Bonchev–Trinajstić information content (AvgIpc) is 2.82. The fourth-order valence-electron chi connectivity index (χ4n) is 2.71. The number of nitrogens with zero attached hydrogens (tertiary/aromatic N) is 1. The molecule has 0 bridgehead atoms.